The summed E-state index contributed by atoms with van der Waals surface area (Å²) in [5.74, 6) is -0.658. The lowest BCUT2D eigenvalue weighted by atomic mass is 10.0. The fourth-order valence-electron chi connectivity index (χ4n) is 3.93. The third kappa shape index (κ3) is 7.73. The van der Waals surface area contributed by atoms with Crippen LogP contribution < -0.4 is 10.6 Å². The number of hydrogen-bond acceptors (Lipinski definition) is 5. The van der Waals surface area contributed by atoms with E-state index in [9.17, 15) is 33.3 Å². The molecule has 3 aromatic rings. The van der Waals surface area contributed by atoms with E-state index in [0.717, 1.165) is 11.6 Å². The second-order valence-electron chi connectivity index (χ2n) is 8.67. The zero-order chi connectivity index (χ0) is 26.3. The van der Waals surface area contributed by atoms with Crippen molar-refractivity contribution in [3.8, 4) is 11.5 Å². The molecule has 0 bridgehead atoms. The van der Waals surface area contributed by atoms with Gasteiger partial charge in [0.15, 0.2) is 0 Å². The Kier molecular flexibility index (Phi) is 8.95. The Morgan fingerprint density at radius 1 is 0.972 bits per heavy atom. The monoisotopic (exact) mass is 502 g/mol. The first-order valence-electron chi connectivity index (χ1n) is 11.5. The molecule has 6 nitrogen and oxygen atoms in total. The van der Waals surface area contributed by atoms with Gasteiger partial charge >= 0.3 is 6.18 Å². The number of alkyl halides is 3. The predicted molar refractivity (Wildman–Crippen MR) is 130 cm³/mol. The van der Waals surface area contributed by atoms with Gasteiger partial charge in [0.25, 0.3) is 5.91 Å². The molecule has 36 heavy (non-hydrogen) atoms. The van der Waals surface area contributed by atoms with E-state index >= 15 is 0 Å². The number of aliphatic hydroxyl groups is 1. The van der Waals surface area contributed by atoms with Crippen molar-refractivity contribution in [3.63, 3.8) is 0 Å². The molecular weight excluding hydrogens is 473 g/mol. The Hall–Kier alpha value is -3.56. The van der Waals surface area contributed by atoms with Crippen LogP contribution in [0.15, 0.2) is 66.7 Å². The van der Waals surface area contributed by atoms with Crippen molar-refractivity contribution in [1.29, 1.82) is 0 Å². The second-order valence-corrected chi connectivity index (χ2v) is 8.67. The number of halogens is 3. The normalized spacial score (nSPS) is 13.2. The summed E-state index contributed by atoms with van der Waals surface area (Å²) in [7, 11) is 0. The van der Waals surface area contributed by atoms with Gasteiger partial charge < -0.3 is 26.0 Å². The minimum absolute atomic E-state index is 0.0569. The molecule has 0 unspecified atom stereocenters. The molecule has 0 radical (unpaired) electrons. The van der Waals surface area contributed by atoms with Crippen LogP contribution in [0.3, 0.4) is 0 Å². The molecule has 0 saturated carbocycles. The van der Waals surface area contributed by atoms with Gasteiger partial charge in [0.1, 0.15) is 11.5 Å². The third-order valence-electron chi connectivity index (χ3n) is 5.70. The molecule has 0 aliphatic heterocycles. The van der Waals surface area contributed by atoms with Crippen LogP contribution in [0.5, 0.6) is 11.5 Å². The van der Waals surface area contributed by atoms with E-state index in [-0.39, 0.29) is 48.5 Å². The van der Waals surface area contributed by atoms with Crippen LogP contribution in [-0.4, -0.2) is 40.4 Å². The summed E-state index contributed by atoms with van der Waals surface area (Å²) in [6, 6.07) is 16.1. The summed E-state index contributed by atoms with van der Waals surface area (Å²) >= 11 is 0. The van der Waals surface area contributed by atoms with Crippen LogP contribution in [-0.2, 0) is 19.0 Å². The maximum atomic E-state index is 13.1. The molecule has 5 N–H and O–H groups in total. The highest BCUT2D eigenvalue weighted by Crippen LogP contribution is 2.32. The highest BCUT2D eigenvalue weighted by Gasteiger charge is 2.32. The minimum Gasteiger partial charge on any atom is -0.508 e. The lowest BCUT2D eigenvalue weighted by Gasteiger charge is -2.18. The highest BCUT2D eigenvalue weighted by molar-refractivity contribution is 5.94. The van der Waals surface area contributed by atoms with Gasteiger partial charge in [0.05, 0.1) is 11.7 Å². The molecule has 9 heteroatoms. The zero-order valence-corrected chi connectivity index (χ0v) is 19.7. The van der Waals surface area contributed by atoms with Crippen molar-refractivity contribution >= 4 is 5.91 Å². The van der Waals surface area contributed by atoms with E-state index < -0.39 is 17.8 Å². The Balaban J connectivity index is 1.51. The van der Waals surface area contributed by atoms with Crippen LogP contribution in [0, 0.1) is 0 Å². The van der Waals surface area contributed by atoms with Crippen molar-refractivity contribution in [2.75, 3.05) is 13.1 Å². The molecule has 2 atom stereocenters. The molecule has 0 aliphatic carbocycles. The molecule has 0 heterocycles. The smallest absolute Gasteiger partial charge is 0.416 e. The van der Waals surface area contributed by atoms with Gasteiger partial charge in [0.2, 0.25) is 0 Å². The van der Waals surface area contributed by atoms with Crippen LogP contribution in [0.2, 0.25) is 0 Å². The molecule has 3 rings (SSSR count). The number of carbonyl (C=O) groups excluding carboxylic acids is 1. The average Bonchev–Trinajstić information content (AvgIpc) is 2.81. The van der Waals surface area contributed by atoms with E-state index in [1.54, 1.807) is 18.2 Å². The molecule has 0 spiro atoms. The summed E-state index contributed by atoms with van der Waals surface area (Å²) in [6.45, 7) is 2.16. The number of amides is 1. The standard InChI is InChI=1S/C27H29F3N2O4/c1-17(32-16-25(35)21-13-22(33)15-23(34)14-21)11-18-5-4-7-20(12-18)26(36)31-10-9-19-6-2-3-8-24(19)27(28,29)30/h2-8,12-15,17,25,32-35H,9-11,16H2,1H3,(H,31,36)/t17-,25+/m1/s1. The van der Waals surface area contributed by atoms with E-state index in [1.165, 1.54) is 36.4 Å². The quantitative estimate of drug-likeness (QED) is 0.284. The molecular formula is C27H29F3N2O4. The molecule has 0 saturated heterocycles. The maximum absolute atomic E-state index is 13.1. The van der Waals surface area contributed by atoms with Gasteiger partial charge in [-0.1, -0.05) is 30.3 Å². The predicted octanol–water partition coefficient (Wildman–Crippen LogP) is 4.34. The number of carbonyl (C=O) groups is 1. The van der Waals surface area contributed by atoms with Gasteiger partial charge in [-0.3, -0.25) is 4.79 Å². The zero-order valence-electron chi connectivity index (χ0n) is 19.7. The highest BCUT2D eigenvalue weighted by atomic mass is 19.4. The van der Waals surface area contributed by atoms with E-state index in [1.807, 2.05) is 13.0 Å². The number of phenols is 2. The lowest BCUT2D eigenvalue weighted by molar-refractivity contribution is -0.138. The second kappa shape index (κ2) is 11.9. The molecule has 1 amide bonds. The molecule has 192 valence electrons. The molecule has 0 fully saturated rings. The SMILES string of the molecule is C[C@H](Cc1cccc(C(=O)NCCc2ccccc2C(F)(F)F)c1)NC[C@H](O)c1cc(O)cc(O)c1. The van der Waals surface area contributed by atoms with Gasteiger partial charge in [0, 0.05) is 30.8 Å². The Morgan fingerprint density at radius 3 is 2.36 bits per heavy atom. The summed E-state index contributed by atoms with van der Waals surface area (Å²) in [5, 5.41) is 35.3. The third-order valence-corrected chi connectivity index (χ3v) is 5.70. The number of phenolic OH excluding ortho intramolecular Hbond substituents is 2. The fraction of sp³-hybridized carbons (Fsp3) is 0.296. The lowest BCUT2D eigenvalue weighted by Crippen LogP contribution is -2.32. The van der Waals surface area contributed by atoms with Crippen molar-refractivity contribution in [2.45, 2.75) is 38.1 Å². The number of aromatic hydroxyl groups is 2. The number of hydrogen-bond donors (Lipinski definition) is 5. The van der Waals surface area contributed by atoms with Crippen LogP contribution >= 0.6 is 0 Å². The van der Waals surface area contributed by atoms with Crippen molar-refractivity contribution in [2.24, 2.45) is 0 Å². The van der Waals surface area contributed by atoms with E-state index in [4.69, 9.17) is 0 Å². The summed E-state index contributed by atoms with van der Waals surface area (Å²) in [6.07, 6.45) is -4.77. The largest absolute Gasteiger partial charge is 0.508 e. The van der Waals surface area contributed by atoms with Crippen molar-refractivity contribution < 1.29 is 33.3 Å². The first-order chi connectivity index (χ1) is 17.0. The maximum Gasteiger partial charge on any atom is 0.416 e. The van der Waals surface area contributed by atoms with E-state index in [0.29, 0.717) is 17.5 Å². The van der Waals surface area contributed by atoms with Gasteiger partial charge in [-0.05, 0) is 66.8 Å². The minimum atomic E-state index is -4.44. The summed E-state index contributed by atoms with van der Waals surface area (Å²) in [4.78, 5) is 12.6. The summed E-state index contributed by atoms with van der Waals surface area (Å²) in [5.41, 5.74) is 1.08. The molecule has 0 aliphatic rings. The van der Waals surface area contributed by atoms with Gasteiger partial charge in [-0.25, -0.2) is 0 Å². The summed E-state index contributed by atoms with van der Waals surface area (Å²) < 4.78 is 39.4. The number of rotatable bonds is 10. The van der Waals surface area contributed by atoms with Crippen LogP contribution in [0.1, 0.15) is 45.6 Å². The number of benzene rings is 3. The molecule has 0 aromatic heterocycles. The molecule has 3 aromatic carbocycles. The Labute approximate surface area is 207 Å². The van der Waals surface area contributed by atoms with Crippen LogP contribution in [0.25, 0.3) is 0 Å². The van der Waals surface area contributed by atoms with Gasteiger partial charge in [-0.15, -0.1) is 0 Å². The van der Waals surface area contributed by atoms with E-state index in [2.05, 4.69) is 10.6 Å². The van der Waals surface area contributed by atoms with Crippen LogP contribution in [0.4, 0.5) is 13.2 Å². The fourth-order valence-corrected chi connectivity index (χ4v) is 3.93. The Morgan fingerprint density at radius 2 is 1.67 bits per heavy atom. The topological polar surface area (TPSA) is 102 Å². The first kappa shape index (κ1) is 27.0. The number of aliphatic hydroxyl groups excluding tert-OH is 1. The number of nitrogens with one attached hydrogen (secondary N) is 2. The van der Waals surface area contributed by atoms with Crippen molar-refractivity contribution in [1.82, 2.24) is 10.6 Å². The first-order valence-corrected chi connectivity index (χ1v) is 11.5. The average molecular weight is 503 g/mol. The Bertz CT molecular complexity index is 1160. The van der Waals surface area contributed by atoms with Gasteiger partial charge in [-0.2, -0.15) is 13.2 Å². The van der Waals surface area contributed by atoms with Crippen molar-refractivity contribution in [3.05, 3.63) is 94.5 Å².